The van der Waals surface area contributed by atoms with E-state index < -0.39 is 43.4 Å². The summed E-state index contributed by atoms with van der Waals surface area (Å²) in [6.07, 6.45) is -8.00. The van der Waals surface area contributed by atoms with E-state index in [-0.39, 0.29) is 35.0 Å². The van der Waals surface area contributed by atoms with E-state index in [1.165, 1.54) is 12.1 Å². The van der Waals surface area contributed by atoms with Crippen molar-refractivity contribution >= 4 is 5.78 Å². The molecule has 0 bridgehead atoms. The summed E-state index contributed by atoms with van der Waals surface area (Å²) in [6.45, 7) is -0.621. The molecule has 0 saturated carbocycles. The maximum atomic E-state index is 12.9. The molecule has 0 aliphatic carbocycles. The van der Waals surface area contributed by atoms with Gasteiger partial charge in [0.1, 0.15) is 53.3 Å². The molecule has 0 unspecified atom stereocenters. The van der Waals surface area contributed by atoms with E-state index in [0.29, 0.717) is 0 Å². The van der Waals surface area contributed by atoms with Gasteiger partial charge >= 0.3 is 0 Å². The molecule has 2 heterocycles. The molecule has 160 valence electrons. The van der Waals surface area contributed by atoms with Crippen molar-refractivity contribution in [1.29, 1.82) is 0 Å². The number of carbonyl (C=O) groups excluding carboxylic acids is 1. The highest BCUT2D eigenvalue weighted by Crippen LogP contribution is 2.43. The van der Waals surface area contributed by atoms with Gasteiger partial charge in [0, 0.05) is 12.1 Å². The van der Waals surface area contributed by atoms with Gasteiger partial charge in [-0.25, -0.2) is 0 Å². The molecule has 9 heteroatoms. The highest BCUT2D eigenvalue weighted by atomic mass is 16.7. The lowest BCUT2D eigenvalue weighted by atomic mass is 9.95. The number of aromatic hydroxyl groups is 1. The highest BCUT2D eigenvalue weighted by molar-refractivity contribution is 6.02. The minimum atomic E-state index is -1.66. The van der Waals surface area contributed by atoms with E-state index in [9.17, 15) is 30.3 Å². The molecule has 0 radical (unpaired) electrons. The van der Waals surface area contributed by atoms with Crippen molar-refractivity contribution in [3.8, 4) is 17.2 Å². The summed E-state index contributed by atoms with van der Waals surface area (Å²) in [5.74, 6) is -0.537. The number of Topliss-reactive ketones (excluding diaryl/α,β-unsaturated/α-hetero) is 1. The Hall–Kier alpha value is -2.69. The van der Waals surface area contributed by atoms with Gasteiger partial charge in [0.2, 0.25) is 6.29 Å². The summed E-state index contributed by atoms with van der Waals surface area (Å²) in [5.41, 5.74) is 0.869. The monoisotopic (exact) mass is 418 g/mol. The number of aliphatic hydroxyl groups excluding tert-OH is 4. The molecule has 6 atom stereocenters. The first-order chi connectivity index (χ1) is 14.4. The van der Waals surface area contributed by atoms with Gasteiger partial charge in [-0.15, -0.1) is 0 Å². The smallest absolute Gasteiger partial charge is 0.229 e. The maximum absolute atomic E-state index is 12.9. The van der Waals surface area contributed by atoms with E-state index in [2.05, 4.69) is 0 Å². The van der Waals surface area contributed by atoms with Crippen molar-refractivity contribution in [2.75, 3.05) is 6.61 Å². The molecule has 1 fully saturated rings. The standard InChI is InChI=1S/C21H22O9/c22-9-16-18(25)19(26)20(27)21(30-16)29-15-7-11(23)6-14-17(15)12(24)8-13(28-14)10-4-2-1-3-5-10/h1-7,13,16,18-23,25-27H,8-9H2/t13-,16-,18+,19+,20+,21+/m1/s1. The molecule has 2 aromatic carbocycles. The molecule has 4 rings (SSSR count). The molecule has 0 spiro atoms. The van der Waals surface area contributed by atoms with E-state index in [0.717, 1.165) is 5.56 Å². The zero-order valence-corrected chi connectivity index (χ0v) is 15.8. The number of rotatable bonds is 4. The van der Waals surface area contributed by atoms with Gasteiger partial charge in [-0.05, 0) is 5.56 Å². The minimum absolute atomic E-state index is 0.0346. The van der Waals surface area contributed by atoms with Crippen molar-refractivity contribution in [2.45, 2.75) is 43.2 Å². The molecule has 0 aromatic heterocycles. The Morgan fingerprint density at radius 2 is 1.77 bits per heavy atom. The number of benzene rings is 2. The minimum Gasteiger partial charge on any atom is -0.508 e. The number of hydrogen-bond donors (Lipinski definition) is 5. The summed E-state index contributed by atoms with van der Waals surface area (Å²) in [5, 5.41) is 49.4. The number of aliphatic hydroxyl groups is 4. The second kappa shape index (κ2) is 8.21. The predicted octanol–water partition coefficient (Wildman–Crippen LogP) is 0.277. The van der Waals surface area contributed by atoms with Gasteiger partial charge in [0.05, 0.1) is 13.0 Å². The van der Waals surface area contributed by atoms with Gasteiger partial charge < -0.3 is 39.7 Å². The molecule has 30 heavy (non-hydrogen) atoms. The zero-order valence-electron chi connectivity index (χ0n) is 15.8. The highest BCUT2D eigenvalue weighted by Gasteiger charge is 2.45. The SMILES string of the molecule is O=C1C[C@H](c2ccccc2)Oc2cc(O)cc(O[C@H]3O[C@H](CO)[C@H](O)[C@H](O)[C@@H]3O)c21. The van der Waals surface area contributed by atoms with Crippen molar-refractivity contribution in [1.82, 2.24) is 0 Å². The molecule has 5 N–H and O–H groups in total. The van der Waals surface area contributed by atoms with Crippen molar-refractivity contribution in [3.63, 3.8) is 0 Å². The van der Waals surface area contributed by atoms with E-state index in [1.807, 2.05) is 30.3 Å². The van der Waals surface area contributed by atoms with E-state index in [4.69, 9.17) is 14.2 Å². The van der Waals surface area contributed by atoms with Crippen LogP contribution in [0, 0.1) is 0 Å². The average molecular weight is 418 g/mol. The average Bonchev–Trinajstić information content (AvgIpc) is 2.74. The van der Waals surface area contributed by atoms with Crippen molar-refractivity contribution in [3.05, 3.63) is 53.6 Å². The molecule has 0 amide bonds. The number of carbonyl (C=O) groups is 1. The first-order valence-corrected chi connectivity index (χ1v) is 9.48. The van der Waals surface area contributed by atoms with Gasteiger partial charge in [0.15, 0.2) is 5.78 Å². The zero-order chi connectivity index (χ0) is 21.4. The summed E-state index contributed by atoms with van der Waals surface area (Å²) in [7, 11) is 0. The van der Waals surface area contributed by atoms with Crippen molar-refractivity contribution < 1.29 is 44.5 Å². The Balaban J connectivity index is 1.63. The topological polar surface area (TPSA) is 146 Å². The number of phenols is 1. The van der Waals surface area contributed by atoms with Crippen molar-refractivity contribution in [2.24, 2.45) is 0 Å². The third-order valence-corrected chi connectivity index (χ3v) is 5.23. The lowest BCUT2D eigenvalue weighted by molar-refractivity contribution is -0.277. The molecule has 9 nitrogen and oxygen atoms in total. The second-order valence-electron chi connectivity index (χ2n) is 7.28. The Labute approximate surface area is 171 Å². The number of phenolic OH excluding ortho intramolecular Hbond substituents is 1. The van der Waals surface area contributed by atoms with Crippen LogP contribution < -0.4 is 9.47 Å². The Morgan fingerprint density at radius 1 is 1.03 bits per heavy atom. The molecule has 2 aliphatic heterocycles. The normalized spacial score (nSPS) is 31.0. The summed E-state index contributed by atoms with van der Waals surface area (Å²) < 4.78 is 16.8. The van der Waals surface area contributed by atoms with Crippen LogP contribution in [0.4, 0.5) is 0 Å². The van der Waals surface area contributed by atoms with Crippen LogP contribution in [0.3, 0.4) is 0 Å². The van der Waals surface area contributed by atoms with Crippen LogP contribution in [-0.4, -0.2) is 68.6 Å². The molecule has 2 aliphatic rings. The van der Waals surface area contributed by atoms with Crippen LogP contribution in [0.1, 0.15) is 28.4 Å². The summed E-state index contributed by atoms with van der Waals surface area (Å²) >= 11 is 0. The fraction of sp³-hybridized carbons (Fsp3) is 0.381. The Morgan fingerprint density at radius 3 is 2.47 bits per heavy atom. The van der Waals surface area contributed by atoms with Crippen LogP contribution in [0.15, 0.2) is 42.5 Å². The lowest BCUT2D eigenvalue weighted by Crippen LogP contribution is -2.60. The third-order valence-electron chi connectivity index (χ3n) is 5.23. The van der Waals surface area contributed by atoms with Crippen LogP contribution in [-0.2, 0) is 4.74 Å². The van der Waals surface area contributed by atoms with Crippen LogP contribution in [0.2, 0.25) is 0 Å². The predicted molar refractivity (Wildman–Crippen MR) is 101 cm³/mol. The maximum Gasteiger partial charge on any atom is 0.229 e. The first-order valence-electron chi connectivity index (χ1n) is 9.48. The molecular formula is C21H22O9. The second-order valence-corrected chi connectivity index (χ2v) is 7.28. The molecule has 1 saturated heterocycles. The number of hydrogen-bond acceptors (Lipinski definition) is 9. The van der Waals surface area contributed by atoms with Crippen LogP contribution >= 0.6 is 0 Å². The number of fused-ring (bicyclic) bond motifs is 1. The Bertz CT molecular complexity index is 914. The lowest BCUT2D eigenvalue weighted by Gasteiger charge is -2.40. The van der Waals surface area contributed by atoms with Gasteiger partial charge in [-0.1, -0.05) is 30.3 Å². The fourth-order valence-corrected chi connectivity index (χ4v) is 3.65. The van der Waals surface area contributed by atoms with Gasteiger partial charge in [-0.2, -0.15) is 0 Å². The Kier molecular flexibility index (Phi) is 5.63. The largest absolute Gasteiger partial charge is 0.508 e. The van der Waals surface area contributed by atoms with Gasteiger partial charge in [-0.3, -0.25) is 4.79 Å². The third kappa shape index (κ3) is 3.73. The van der Waals surface area contributed by atoms with Crippen LogP contribution in [0.25, 0.3) is 0 Å². The number of ether oxygens (including phenoxy) is 3. The fourth-order valence-electron chi connectivity index (χ4n) is 3.65. The quantitative estimate of drug-likeness (QED) is 0.472. The number of ketones is 1. The first kappa shape index (κ1) is 20.6. The summed E-state index contributed by atoms with van der Waals surface area (Å²) in [4.78, 5) is 12.9. The molecular weight excluding hydrogens is 396 g/mol. The summed E-state index contributed by atoms with van der Waals surface area (Å²) in [6, 6.07) is 11.6. The van der Waals surface area contributed by atoms with E-state index in [1.54, 1.807) is 0 Å². The molecule has 2 aromatic rings. The van der Waals surface area contributed by atoms with Crippen LogP contribution in [0.5, 0.6) is 17.2 Å². The van der Waals surface area contributed by atoms with Gasteiger partial charge in [0.25, 0.3) is 0 Å². The van der Waals surface area contributed by atoms with E-state index >= 15 is 0 Å².